The van der Waals surface area contributed by atoms with Crippen molar-refractivity contribution in [1.82, 2.24) is 9.97 Å². The van der Waals surface area contributed by atoms with Crippen molar-refractivity contribution in [3.05, 3.63) is 47.5 Å². The Hall–Kier alpha value is -2.14. The van der Waals surface area contributed by atoms with Crippen LogP contribution in [-0.4, -0.2) is 29.3 Å². The predicted octanol–water partition coefficient (Wildman–Crippen LogP) is 1.88. The second-order valence-electron chi connectivity index (χ2n) is 4.10. The molecule has 1 atom stereocenters. The van der Waals surface area contributed by atoms with Crippen LogP contribution in [-0.2, 0) is 0 Å². The lowest BCUT2D eigenvalue weighted by molar-refractivity contribution is 0.214. The molecule has 0 spiro atoms. The van der Waals surface area contributed by atoms with Gasteiger partial charge in [0.15, 0.2) is 11.5 Å². The summed E-state index contributed by atoms with van der Waals surface area (Å²) in [5.74, 6) is 1.19. The fraction of sp³-hybridized carbons (Fsp3) is 0.286. The lowest BCUT2D eigenvalue weighted by Gasteiger charge is -2.13. The van der Waals surface area contributed by atoms with Gasteiger partial charge in [-0.05, 0) is 24.6 Å². The summed E-state index contributed by atoms with van der Waals surface area (Å²) < 4.78 is 10.4. The molecule has 0 bridgehead atoms. The van der Waals surface area contributed by atoms with E-state index in [1.807, 2.05) is 6.92 Å². The van der Waals surface area contributed by atoms with Gasteiger partial charge in [0.05, 0.1) is 31.8 Å². The number of aryl methyl sites for hydroxylation is 1. The van der Waals surface area contributed by atoms with Crippen LogP contribution >= 0.6 is 0 Å². The van der Waals surface area contributed by atoms with Gasteiger partial charge in [-0.3, -0.25) is 9.97 Å². The van der Waals surface area contributed by atoms with Crippen molar-refractivity contribution in [2.75, 3.05) is 14.2 Å². The first-order valence-electron chi connectivity index (χ1n) is 5.84. The van der Waals surface area contributed by atoms with Crippen LogP contribution in [0.5, 0.6) is 11.5 Å². The molecule has 0 aliphatic carbocycles. The summed E-state index contributed by atoms with van der Waals surface area (Å²) in [6.07, 6.45) is 2.35. The molecular weight excluding hydrogens is 244 g/mol. The summed E-state index contributed by atoms with van der Waals surface area (Å²) in [5.41, 5.74) is 1.98. The maximum atomic E-state index is 10.3. The largest absolute Gasteiger partial charge is 0.493 e. The molecule has 1 aromatic carbocycles. The molecule has 5 heteroatoms. The maximum absolute atomic E-state index is 10.3. The van der Waals surface area contributed by atoms with E-state index in [4.69, 9.17) is 9.47 Å². The number of ether oxygens (including phenoxy) is 2. The molecular formula is C14H16N2O3. The Labute approximate surface area is 111 Å². The molecule has 1 heterocycles. The smallest absolute Gasteiger partial charge is 0.161 e. The van der Waals surface area contributed by atoms with Crippen LogP contribution in [0.3, 0.4) is 0 Å². The molecule has 1 unspecified atom stereocenters. The number of rotatable bonds is 4. The van der Waals surface area contributed by atoms with Gasteiger partial charge in [0, 0.05) is 6.20 Å². The normalized spacial score (nSPS) is 12.0. The average molecular weight is 260 g/mol. The standard InChI is InChI=1S/C14H16N2O3/c1-9-7-16-11(8-15-9)14(17)10-4-5-12(18-2)13(6-10)19-3/h4-8,14,17H,1-3H3. The van der Waals surface area contributed by atoms with Crippen molar-refractivity contribution in [2.24, 2.45) is 0 Å². The van der Waals surface area contributed by atoms with Gasteiger partial charge in [-0.1, -0.05) is 6.07 Å². The third kappa shape index (κ3) is 2.82. The molecule has 2 rings (SSSR count). The summed E-state index contributed by atoms with van der Waals surface area (Å²) in [5, 5.41) is 10.3. The van der Waals surface area contributed by atoms with Crippen LogP contribution in [0.1, 0.15) is 23.1 Å². The first-order chi connectivity index (χ1) is 9.15. The fourth-order valence-corrected chi connectivity index (χ4v) is 1.74. The van der Waals surface area contributed by atoms with Gasteiger partial charge in [0.2, 0.25) is 0 Å². The Balaban J connectivity index is 2.33. The van der Waals surface area contributed by atoms with Gasteiger partial charge >= 0.3 is 0 Å². The van der Waals surface area contributed by atoms with Crippen molar-refractivity contribution in [3.8, 4) is 11.5 Å². The van der Waals surface area contributed by atoms with Crippen molar-refractivity contribution in [3.63, 3.8) is 0 Å². The molecule has 0 fully saturated rings. The third-order valence-corrected chi connectivity index (χ3v) is 2.80. The number of aromatic nitrogens is 2. The highest BCUT2D eigenvalue weighted by Gasteiger charge is 2.15. The number of hydrogen-bond donors (Lipinski definition) is 1. The van der Waals surface area contributed by atoms with Gasteiger partial charge in [-0.25, -0.2) is 0 Å². The molecule has 0 saturated carbocycles. The Bertz CT molecular complexity index is 555. The van der Waals surface area contributed by atoms with Crippen LogP contribution in [0.25, 0.3) is 0 Å². The van der Waals surface area contributed by atoms with E-state index in [1.165, 1.54) is 0 Å². The van der Waals surface area contributed by atoms with E-state index in [2.05, 4.69) is 9.97 Å². The SMILES string of the molecule is COc1ccc(C(O)c2cnc(C)cn2)cc1OC. The van der Waals surface area contributed by atoms with E-state index in [-0.39, 0.29) is 0 Å². The second kappa shape index (κ2) is 5.67. The lowest BCUT2D eigenvalue weighted by atomic mass is 10.1. The Kier molecular flexibility index (Phi) is 3.97. The molecule has 0 saturated heterocycles. The van der Waals surface area contributed by atoms with Crippen molar-refractivity contribution in [1.29, 1.82) is 0 Å². The Morgan fingerprint density at radius 2 is 1.79 bits per heavy atom. The minimum Gasteiger partial charge on any atom is -0.493 e. The zero-order valence-corrected chi connectivity index (χ0v) is 11.1. The predicted molar refractivity (Wildman–Crippen MR) is 70.4 cm³/mol. The minimum atomic E-state index is -0.840. The zero-order valence-electron chi connectivity index (χ0n) is 11.1. The number of benzene rings is 1. The van der Waals surface area contributed by atoms with Gasteiger partial charge < -0.3 is 14.6 Å². The molecule has 1 aromatic heterocycles. The molecule has 5 nitrogen and oxygen atoms in total. The second-order valence-corrected chi connectivity index (χ2v) is 4.10. The van der Waals surface area contributed by atoms with E-state index in [0.717, 1.165) is 5.69 Å². The summed E-state index contributed by atoms with van der Waals surface area (Å²) in [6.45, 7) is 1.85. The molecule has 0 radical (unpaired) electrons. The maximum Gasteiger partial charge on any atom is 0.161 e. The number of aliphatic hydroxyl groups excluding tert-OH is 1. The van der Waals surface area contributed by atoms with Gasteiger partial charge in [-0.2, -0.15) is 0 Å². The molecule has 0 aliphatic heterocycles. The van der Waals surface area contributed by atoms with Gasteiger partial charge in [0.25, 0.3) is 0 Å². The molecule has 19 heavy (non-hydrogen) atoms. The van der Waals surface area contributed by atoms with Crippen LogP contribution < -0.4 is 9.47 Å². The number of hydrogen-bond acceptors (Lipinski definition) is 5. The quantitative estimate of drug-likeness (QED) is 0.909. The van der Waals surface area contributed by atoms with E-state index in [9.17, 15) is 5.11 Å². The fourth-order valence-electron chi connectivity index (χ4n) is 1.74. The van der Waals surface area contributed by atoms with Crippen molar-refractivity contribution < 1.29 is 14.6 Å². The molecule has 1 N–H and O–H groups in total. The topological polar surface area (TPSA) is 64.5 Å². The number of methoxy groups -OCH3 is 2. The number of nitrogens with zero attached hydrogens (tertiary/aromatic N) is 2. The highest BCUT2D eigenvalue weighted by molar-refractivity contribution is 5.44. The van der Waals surface area contributed by atoms with Crippen LogP contribution in [0.2, 0.25) is 0 Å². The van der Waals surface area contributed by atoms with Crippen LogP contribution in [0.15, 0.2) is 30.6 Å². The molecule has 100 valence electrons. The summed E-state index contributed by atoms with van der Waals surface area (Å²) in [4.78, 5) is 8.29. The monoisotopic (exact) mass is 260 g/mol. The minimum absolute atomic E-state index is 0.498. The van der Waals surface area contributed by atoms with Crippen molar-refractivity contribution >= 4 is 0 Å². The molecule has 2 aromatic rings. The van der Waals surface area contributed by atoms with Gasteiger partial charge in [0.1, 0.15) is 6.10 Å². The Morgan fingerprint density at radius 3 is 2.37 bits per heavy atom. The van der Waals surface area contributed by atoms with Crippen LogP contribution in [0, 0.1) is 6.92 Å². The first-order valence-corrected chi connectivity index (χ1v) is 5.84. The zero-order chi connectivity index (χ0) is 13.8. The summed E-state index contributed by atoms with van der Waals surface area (Å²) >= 11 is 0. The van der Waals surface area contributed by atoms with E-state index < -0.39 is 6.10 Å². The van der Waals surface area contributed by atoms with Gasteiger partial charge in [-0.15, -0.1) is 0 Å². The van der Waals surface area contributed by atoms with Crippen molar-refractivity contribution in [2.45, 2.75) is 13.0 Å². The number of aliphatic hydroxyl groups is 1. The first kappa shape index (κ1) is 13.3. The molecule has 0 aliphatic rings. The summed E-state index contributed by atoms with van der Waals surface area (Å²) in [6, 6.07) is 5.25. The third-order valence-electron chi connectivity index (χ3n) is 2.80. The van der Waals surface area contributed by atoms with Crippen LogP contribution in [0.4, 0.5) is 0 Å². The van der Waals surface area contributed by atoms with E-state index >= 15 is 0 Å². The average Bonchev–Trinajstić information content (AvgIpc) is 2.46. The lowest BCUT2D eigenvalue weighted by Crippen LogP contribution is -2.04. The Morgan fingerprint density at radius 1 is 1.05 bits per heavy atom. The molecule has 0 amide bonds. The highest BCUT2D eigenvalue weighted by atomic mass is 16.5. The van der Waals surface area contributed by atoms with E-state index in [1.54, 1.807) is 44.8 Å². The summed E-state index contributed by atoms with van der Waals surface area (Å²) in [7, 11) is 3.12. The van der Waals surface area contributed by atoms with E-state index in [0.29, 0.717) is 22.8 Å². The highest BCUT2D eigenvalue weighted by Crippen LogP contribution is 2.31.